The number of aliphatic hydroxyl groups excluding tert-OH is 1. The van der Waals surface area contributed by atoms with Crippen molar-refractivity contribution < 1.29 is 18.3 Å². The van der Waals surface area contributed by atoms with Gasteiger partial charge in [-0.05, 0) is 42.5 Å². The first-order chi connectivity index (χ1) is 11.8. The number of primary amides is 1. The van der Waals surface area contributed by atoms with Crippen LogP contribution in [-0.4, -0.2) is 31.9 Å². The number of urea groups is 1. The molecular weight excluding hydrogens is 346 g/mol. The van der Waals surface area contributed by atoms with Crippen LogP contribution >= 0.6 is 0 Å². The van der Waals surface area contributed by atoms with Gasteiger partial charge in [0, 0.05) is 5.69 Å². The van der Waals surface area contributed by atoms with Crippen LogP contribution in [0.15, 0.2) is 57.6 Å². The monoisotopic (exact) mass is 363 g/mol. The molecule has 132 valence electrons. The second kappa shape index (κ2) is 7.73. The van der Waals surface area contributed by atoms with Crippen LogP contribution < -0.4 is 16.8 Å². The summed E-state index contributed by atoms with van der Waals surface area (Å²) in [6.07, 6.45) is 0. The molecule has 0 fully saturated rings. The highest BCUT2D eigenvalue weighted by Crippen LogP contribution is 2.27. The average Bonchev–Trinajstić information content (AvgIpc) is 2.54. The molecule has 9 nitrogen and oxygen atoms in total. The molecule has 10 heteroatoms. The first-order valence-corrected chi connectivity index (χ1v) is 8.78. The number of nitrogens with one attached hydrogen (secondary N) is 1. The van der Waals surface area contributed by atoms with Crippen LogP contribution in [-0.2, 0) is 9.84 Å². The van der Waals surface area contributed by atoms with Crippen LogP contribution in [0.25, 0.3) is 0 Å². The van der Waals surface area contributed by atoms with Crippen molar-refractivity contribution in [1.29, 1.82) is 0 Å². The molecule has 0 spiro atoms. The highest BCUT2D eigenvalue weighted by atomic mass is 32.2. The molecule has 0 aliphatic rings. The van der Waals surface area contributed by atoms with E-state index in [-0.39, 0.29) is 16.3 Å². The molecule has 25 heavy (non-hydrogen) atoms. The molecule has 0 heterocycles. The van der Waals surface area contributed by atoms with Gasteiger partial charge in [0.2, 0.25) is 0 Å². The van der Waals surface area contributed by atoms with Crippen molar-refractivity contribution in [2.45, 2.75) is 4.90 Å². The zero-order chi connectivity index (χ0) is 18.4. The number of aliphatic hydroxyl groups is 1. The first-order valence-electron chi connectivity index (χ1n) is 7.13. The molecule has 0 saturated heterocycles. The van der Waals surface area contributed by atoms with Gasteiger partial charge < -0.3 is 21.9 Å². The van der Waals surface area contributed by atoms with E-state index in [9.17, 15) is 13.2 Å². The molecule has 0 aliphatic heterocycles. The van der Waals surface area contributed by atoms with Gasteiger partial charge in [0.25, 0.3) is 0 Å². The minimum Gasteiger partial charge on any atom is -0.397 e. The molecule has 0 atom stereocenters. The number of amides is 2. The highest BCUT2D eigenvalue weighted by molar-refractivity contribution is 7.91. The Hall–Kier alpha value is -2.98. The number of azo groups is 1. The normalized spacial score (nSPS) is 11.6. The van der Waals surface area contributed by atoms with Crippen LogP contribution in [0.2, 0.25) is 0 Å². The number of nitrogen functional groups attached to an aromatic ring is 1. The summed E-state index contributed by atoms with van der Waals surface area (Å²) in [5.41, 5.74) is 12.4. The van der Waals surface area contributed by atoms with E-state index in [1.807, 2.05) is 0 Å². The maximum Gasteiger partial charge on any atom is 0.316 e. The van der Waals surface area contributed by atoms with Gasteiger partial charge in [0.1, 0.15) is 5.69 Å². The summed E-state index contributed by atoms with van der Waals surface area (Å²) >= 11 is 0. The number of sulfone groups is 1. The molecule has 6 N–H and O–H groups in total. The molecule has 2 aromatic carbocycles. The third kappa shape index (κ3) is 4.99. The third-order valence-electron chi connectivity index (χ3n) is 3.12. The summed E-state index contributed by atoms with van der Waals surface area (Å²) in [6, 6.07) is 9.68. The van der Waals surface area contributed by atoms with Crippen LogP contribution in [0.1, 0.15) is 0 Å². The van der Waals surface area contributed by atoms with Gasteiger partial charge in [-0.2, -0.15) is 5.11 Å². The smallest absolute Gasteiger partial charge is 0.316 e. The van der Waals surface area contributed by atoms with Crippen molar-refractivity contribution in [1.82, 2.24) is 0 Å². The maximum absolute atomic E-state index is 11.8. The van der Waals surface area contributed by atoms with Crippen molar-refractivity contribution in [3.8, 4) is 0 Å². The summed E-state index contributed by atoms with van der Waals surface area (Å²) in [6.45, 7) is -0.441. The summed E-state index contributed by atoms with van der Waals surface area (Å²) in [4.78, 5) is 10.9. The van der Waals surface area contributed by atoms with E-state index in [4.69, 9.17) is 16.6 Å². The minimum atomic E-state index is -3.50. The number of carbonyl (C=O) groups excluding carboxylic acids is 1. The van der Waals surface area contributed by atoms with Crippen LogP contribution in [0.4, 0.5) is 27.5 Å². The van der Waals surface area contributed by atoms with Crippen molar-refractivity contribution in [3.05, 3.63) is 42.5 Å². The van der Waals surface area contributed by atoms with Gasteiger partial charge >= 0.3 is 6.03 Å². The Labute approximate surface area is 144 Å². The lowest BCUT2D eigenvalue weighted by Gasteiger charge is -2.04. The zero-order valence-electron chi connectivity index (χ0n) is 13.1. The van der Waals surface area contributed by atoms with Gasteiger partial charge in [-0.15, -0.1) is 5.11 Å². The Kier molecular flexibility index (Phi) is 5.67. The van der Waals surface area contributed by atoms with Crippen LogP contribution in [0.5, 0.6) is 0 Å². The second-order valence-corrected chi connectivity index (χ2v) is 7.11. The summed E-state index contributed by atoms with van der Waals surface area (Å²) in [5.74, 6) is -0.337. The number of carbonyl (C=O) groups is 1. The number of nitrogens with zero attached hydrogens (tertiary/aromatic N) is 2. The molecule has 0 radical (unpaired) electrons. The van der Waals surface area contributed by atoms with Gasteiger partial charge in [0.15, 0.2) is 9.84 Å². The largest absolute Gasteiger partial charge is 0.397 e. The second-order valence-electron chi connectivity index (χ2n) is 5.00. The van der Waals surface area contributed by atoms with Gasteiger partial charge in [-0.1, -0.05) is 0 Å². The van der Waals surface area contributed by atoms with Crippen molar-refractivity contribution in [2.75, 3.05) is 23.4 Å². The van der Waals surface area contributed by atoms with E-state index in [1.54, 1.807) is 12.1 Å². The van der Waals surface area contributed by atoms with E-state index in [0.29, 0.717) is 17.1 Å². The molecule has 0 saturated carbocycles. The molecule has 2 rings (SSSR count). The van der Waals surface area contributed by atoms with Gasteiger partial charge in [0.05, 0.1) is 28.6 Å². The number of benzene rings is 2. The number of rotatable bonds is 6. The van der Waals surface area contributed by atoms with Gasteiger partial charge in [-0.25, -0.2) is 13.2 Å². The van der Waals surface area contributed by atoms with E-state index < -0.39 is 22.5 Å². The van der Waals surface area contributed by atoms with E-state index in [2.05, 4.69) is 15.5 Å². The summed E-state index contributed by atoms with van der Waals surface area (Å²) in [5, 5.41) is 19.1. The SMILES string of the molecule is NC(=O)Nc1ccc(/N=N/c2ccc(S(=O)(=O)CCO)cc2)c(N)c1. The van der Waals surface area contributed by atoms with E-state index in [1.165, 1.54) is 30.3 Å². The fraction of sp³-hybridized carbons (Fsp3) is 0.133. The van der Waals surface area contributed by atoms with Gasteiger partial charge in [-0.3, -0.25) is 0 Å². The number of nitrogens with two attached hydrogens (primary N) is 2. The Morgan fingerprint density at radius 3 is 2.36 bits per heavy atom. The lowest BCUT2D eigenvalue weighted by Crippen LogP contribution is -2.19. The lowest BCUT2D eigenvalue weighted by atomic mass is 10.2. The molecule has 0 bridgehead atoms. The first kappa shape index (κ1) is 18.4. The summed E-state index contributed by atoms with van der Waals surface area (Å²) in [7, 11) is -3.50. The van der Waals surface area contributed by atoms with Crippen LogP contribution in [0, 0.1) is 0 Å². The average molecular weight is 363 g/mol. The maximum atomic E-state index is 11.8. The molecular formula is C15H17N5O4S. The zero-order valence-corrected chi connectivity index (χ0v) is 13.9. The predicted octanol–water partition coefficient (Wildman–Crippen LogP) is 1.94. The molecule has 2 amide bonds. The predicted molar refractivity (Wildman–Crippen MR) is 93.8 cm³/mol. The Bertz CT molecular complexity index is 895. The lowest BCUT2D eigenvalue weighted by molar-refractivity contribution is 0.259. The number of hydrogen-bond acceptors (Lipinski definition) is 7. The molecule has 2 aromatic rings. The van der Waals surface area contributed by atoms with Crippen LogP contribution in [0.3, 0.4) is 0 Å². The highest BCUT2D eigenvalue weighted by Gasteiger charge is 2.13. The van der Waals surface area contributed by atoms with E-state index in [0.717, 1.165) is 0 Å². The minimum absolute atomic E-state index is 0.0990. The van der Waals surface area contributed by atoms with Crippen molar-refractivity contribution in [3.63, 3.8) is 0 Å². The Morgan fingerprint density at radius 1 is 1.12 bits per heavy atom. The molecule has 0 unspecified atom stereocenters. The summed E-state index contributed by atoms with van der Waals surface area (Å²) < 4.78 is 23.6. The van der Waals surface area contributed by atoms with Crippen molar-refractivity contribution >= 4 is 38.6 Å². The fourth-order valence-corrected chi connectivity index (χ4v) is 2.96. The molecule has 0 aromatic heterocycles. The fourth-order valence-electron chi connectivity index (χ4n) is 1.94. The number of anilines is 2. The van der Waals surface area contributed by atoms with E-state index >= 15 is 0 Å². The topological polar surface area (TPSA) is 160 Å². The quantitative estimate of drug-likeness (QED) is 0.455. The standard InChI is InChI=1S/C15H17N5O4S/c16-13-9-11(18-15(17)22)3-6-14(13)20-19-10-1-4-12(5-2-10)25(23,24)8-7-21/h1-6,9,21H,7-8,16H2,(H3,17,18,22)/b20-19+. The molecule has 0 aliphatic carbocycles. The van der Waals surface area contributed by atoms with Crippen molar-refractivity contribution in [2.24, 2.45) is 16.0 Å². The Balaban J connectivity index is 2.15. The number of hydrogen-bond donors (Lipinski definition) is 4. The third-order valence-corrected chi connectivity index (χ3v) is 4.83. The Morgan fingerprint density at radius 2 is 1.80 bits per heavy atom.